The van der Waals surface area contributed by atoms with Crippen molar-refractivity contribution in [2.45, 2.75) is 0 Å². The number of fused-ring (bicyclic) bond motifs is 3. The fraction of sp³-hybridized carbons (Fsp3) is 0. The Bertz CT molecular complexity index is 2670. The Labute approximate surface area is 294 Å². The second kappa shape index (κ2) is 12.7. The van der Waals surface area contributed by atoms with E-state index in [9.17, 15) is 5.26 Å². The molecular weight excluding hydrogens is 625 g/mol. The van der Waals surface area contributed by atoms with E-state index in [-0.39, 0.29) is 0 Å². The Hall–Kier alpha value is -7.23. The van der Waals surface area contributed by atoms with E-state index < -0.39 is 0 Å². The first-order valence-electron chi connectivity index (χ1n) is 16.7. The molecule has 0 aliphatic carbocycles. The highest BCUT2D eigenvalue weighted by molar-refractivity contribution is 6.10. The van der Waals surface area contributed by atoms with E-state index in [1.54, 1.807) is 0 Å². The summed E-state index contributed by atoms with van der Waals surface area (Å²) in [5.41, 5.74) is 10.8. The van der Waals surface area contributed by atoms with Crippen LogP contribution in [0.25, 0.3) is 83.9 Å². The maximum absolute atomic E-state index is 10.1. The molecule has 0 N–H and O–H groups in total. The van der Waals surface area contributed by atoms with Crippen molar-refractivity contribution in [3.8, 4) is 68.2 Å². The van der Waals surface area contributed by atoms with Crippen molar-refractivity contribution < 1.29 is 0 Å². The summed E-state index contributed by atoms with van der Waals surface area (Å²) in [6, 6.07) is 55.2. The van der Waals surface area contributed by atoms with E-state index in [4.69, 9.17) is 19.9 Å². The number of hydrogen-bond donors (Lipinski definition) is 0. The van der Waals surface area contributed by atoms with Crippen LogP contribution in [0.2, 0.25) is 0 Å². The standard InChI is InChI=1S/C45H28N6/c46-27-30-20-22-43(38(24-30)45-49-39(32-14-6-2-7-15-32)26-40(50-45)33-16-8-3-9-17-33)51-41-19-11-10-18-36(41)37-25-34(21-23-42(37)51)44-47-28-35(29-48-44)31-12-4-1-5-13-31/h1-26,28-29H. The van der Waals surface area contributed by atoms with E-state index in [1.165, 1.54) is 0 Å². The van der Waals surface area contributed by atoms with Crippen molar-refractivity contribution in [3.05, 3.63) is 176 Å². The molecule has 6 nitrogen and oxygen atoms in total. The summed E-state index contributed by atoms with van der Waals surface area (Å²) in [6.45, 7) is 0. The van der Waals surface area contributed by atoms with Crippen molar-refractivity contribution in [1.29, 1.82) is 5.26 Å². The van der Waals surface area contributed by atoms with E-state index in [0.29, 0.717) is 17.2 Å². The van der Waals surface area contributed by atoms with Gasteiger partial charge in [0.05, 0.1) is 39.7 Å². The van der Waals surface area contributed by atoms with Gasteiger partial charge in [-0.2, -0.15) is 5.26 Å². The molecule has 3 aromatic heterocycles. The molecule has 0 atom stereocenters. The lowest BCUT2D eigenvalue weighted by atomic mass is 10.0. The summed E-state index contributed by atoms with van der Waals surface area (Å²) in [4.78, 5) is 19.8. The Kier molecular flexibility index (Phi) is 7.42. The Morgan fingerprint density at radius 2 is 1.04 bits per heavy atom. The number of nitriles is 1. The molecule has 0 aliphatic heterocycles. The number of benzene rings is 6. The van der Waals surface area contributed by atoms with Crippen LogP contribution in [0.3, 0.4) is 0 Å². The molecular formula is C45H28N6. The highest BCUT2D eigenvalue weighted by atomic mass is 15.0. The van der Waals surface area contributed by atoms with Crippen LogP contribution in [0.5, 0.6) is 0 Å². The SMILES string of the molecule is N#Cc1ccc(-n2c3ccccc3c3cc(-c4ncc(-c5ccccc5)cn4)ccc32)c(-c2nc(-c3ccccc3)cc(-c3ccccc3)n2)c1. The minimum absolute atomic E-state index is 0.530. The summed E-state index contributed by atoms with van der Waals surface area (Å²) in [7, 11) is 0. The normalized spacial score (nSPS) is 11.1. The first-order chi connectivity index (χ1) is 25.2. The molecule has 3 heterocycles. The molecule has 51 heavy (non-hydrogen) atoms. The lowest BCUT2D eigenvalue weighted by molar-refractivity contribution is 1.14. The smallest absolute Gasteiger partial charge is 0.162 e. The average Bonchev–Trinajstić information content (AvgIpc) is 3.55. The van der Waals surface area contributed by atoms with Gasteiger partial charge in [-0.15, -0.1) is 0 Å². The number of nitrogens with zero attached hydrogens (tertiary/aromatic N) is 6. The predicted octanol–water partition coefficient (Wildman–Crippen LogP) is 10.6. The Balaban J connectivity index is 1.24. The highest BCUT2D eigenvalue weighted by Crippen LogP contribution is 2.38. The van der Waals surface area contributed by atoms with Gasteiger partial charge in [0.2, 0.25) is 0 Å². The van der Waals surface area contributed by atoms with E-state index in [1.807, 2.05) is 97.3 Å². The summed E-state index contributed by atoms with van der Waals surface area (Å²) in [5, 5.41) is 12.2. The summed E-state index contributed by atoms with van der Waals surface area (Å²) >= 11 is 0. The third kappa shape index (κ3) is 5.49. The van der Waals surface area contributed by atoms with Gasteiger partial charge in [-0.25, -0.2) is 19.9 Å². The van der Waals surface area contributed by atoms with E-state index >= 15 is 0 Å². The molecule has 6 aromatic carbocycles. The maximum Gasteiger partial charge on any atom is 0.162 e. The van der Waals surface area contributed by atoms with Crippen LogP contribution in [0.15, 0.2) is 170 Å². The molecule has 0 aliphatic rings. The predicted molar refractivity (Wildman–Crippen MR) is 204 cm³/mol. The van der Waals surface area contributed by atoms with Gasteiger partial charge in [0.1, 0.15) is 0 Å². The topological polar surface area (TPSA) is 80.3 Å². The first kappa shape index (κ1) is 29.9. The number of rotatable bonds is 6. The van der Waals surface area contributed by atoms with Crippen molar-refractivity contribution in [3.63, 3.8) is 0 Å². The van der Waals surface area contributed by atoms with Gasteiger partial charge < -0.3 is 4.57 Å². The number of hydrogen-bond acceptors (Lipinski definition) is 5. The fourth-order valence-electron chi connectivity index (χ4n) is 6.69. The Morgan fingerprint density at radius 3 is 1.69 bits per heavy atom. The monoisotopic (exact) mass is 652 g/mol. The molecule has 238 valence electrons. The Morgan fingerprint density at radius 1 is 0.451 bits per heavy atom. The van der Waals surface area contributed by atoms with Crippen LogP contribution in [0.4, 0.5) is 0 Å². The second-order valence-electron chi connectivity index (χ2n) is 12.3. The van der Waals surface area contributed by atoms with Crippen LogP contribution in [0.1, 0.15) is 5.56 Å². The van der Waals surface area contributed by atoms with Crippen LogP contribution in [0, 0.1) is 11.3 Å². The van der Waals surface area contributed by atoms with Gasteiger partial charge in [-0.05, 0) is 54.1 Å². The van der Waals surface area contributed by atoms with E-state index in [2.05, 4.69) is 83.4 Å². The molecule has 9 rings (SSSR count). The van der Waals surface area contributed by atoms with Gasteiger partial charge in [0.15, 0.2) is 11.6 Å². The van der Waals surface area contributed by atoms with Crippen LogP contribution >= 0.6 is 0 Å². The van der Waals surface area contributed by atoms with Gasteiger partial charge in [-0.3, -0.25) is 0 Å². The zero-order valence-corrected chi connectivity index (χ0v) is 27.3. The van der Waals surface area contributed by atoms with Gasteiger partial charge in [0.25, 0.3) is 0 Å². The van der Waals surface area contributed by atoms with Crippen molar-refractivity contribution in [1.82, 2.24) is 24.5 Å². The molecule has 0 saturated heterocycles. The maximum atomic E-state index is 10.1. The summed E-state index contributed by atoms with van der Waals surface area (Å²) in [5.74, 6) is 1.20. The van der Waals surface area contributed by atoms with Crippen LogP contribution in [-0.4, -0.2) is 24.5 Å². The molecule has 6 heteroatoms. The van der Waals surface area contributed by atoms with Crippen LogP contribution < -0.4 is 0 Å². The number of para-hydroxylation sites is 1. The lowest BCUT2D eigenvalue weighted by Crippen LogP contribution is -2.02. The molecule has 0 amide bonds. The van der Waals surface area contributed by atoms with Crippen LogP contribution in [-0.2, 0) is 0 Å². The largest absolute Gasteiger partial charge is 0.308 e. The zero-order valence-electron chi connectivity index (χ0n) is 27.3. The molecule has 0 bridgehead atoms. The van der Waals surface area contributed by atoms with E-state index in [0.717, 1.165) is 72.3 Å². The third-order valence-electron chi connectivity index (χ3n) is 9.16. The molecule has 9 aromatic rings. The van der Waals surface area contributed by atoms with Gasteiger partial charge in [0, 0.05) is 51.0 Å². The molecule has 0 unspecified atom stereocenters. The highest BCUT2D eigenvalue weighted by Gasteiger charge is 2.20. The molecule has 0 spiro atoms. The second-order valence-corrected chi connectivity index (χ2v) is 12.3. The summed E-state index contributed by atoms with van der Waals surface area (Å²) in [6.07, 6.45) is 3.75. The fourth-order valence-corrected chi connectivity index (χ4v) is 6.69. The molecule has 0 radical (unpaired) electrons. The van der Waals surface area contributed by atoms with Gasteiger partial charge in [-0.1, -0.05) is 109 Å². The number of aromatic nitrogens is 5. The van der Waals surface area contributed by atoms with Crippen molar-refractivity contribution >= 4 is 21.8 Å². The quantitative estimate of drug-likeness (QED) is 0.179. The molecule has 0 fully saturated rings. The van der Waals surface area contributed by atoms with Crippen molar-refractivity contribution in [2.75, 3.05) is 0 Å². The zero-order chi connectivity index (χ0) is 34.1. The third-order valence-corrected chi connectivity index (χ3v) is 9.16. The average molecular weight is 653 g/mol. The minimum Gasteiger partial charge on any atom is -0.308 e. The summed E-state index contributed by atoms with van der Waals surface area (Å²) < 4.78 is 2.24. The first-order valence-corrected chi connectivity index (χ1v) is 16.7. The van der Waals surface area contributed by atoms with Crippen molar-refractivity contribution in [2.24, 2.45) is 0 Å². The minimum atomic E-state index is 0.530. The van der Waals surface area contributed by atoms with Gasteiger partial charge >= 0.3 is 0 Å². The lowest BCUT2D eigenvalue weighted by Gasteiger charge is -2.15. The molecule has 0 saturated carbocycles.